The average molecular weight is 652 g/mol. The molecule has 7 nitrogen and oxygen atoms in total. The SMILES string of the molecule is CCOc1cc(/C=c2\sc3n(c2=O)[C@@H](c2ccccc2)C(C(=O)OC)=C(CC)N=3)cc(Br)c1OCc1ccc(F)cc1. The molecular weight excluding hydrogens is 623 g/mol. The maximum Gasteiger partial charge on any atom is 0.338 e. The van der Waals surface area contributed by atoms with Crippen LogP contribution < -0.4 is 24.4 Å². The van der Waals surface area contributed by atoms with Gasteiger partial charge in [0.1, 0.15) is 12.4 Å². The molecule has 0 unspecified atom stereocenters. The number of hydrogen-bond acceptors (Lipinski definition) is 7. The molecule has 0 amide bonds. The third kappa shape index (κ3) is 5.96. The molecule has 0 fully saturated rings. The van der Waals surface area contributed by atoms with Crippen molar-refractivity contribution in [2.45, 2.75) is 32.9 Å². The molecular formula is C32H28BrFN2O5S. The summed E-state index contributed by atoms with van der Waals surface area (Å²) in [5, 5.41) is 0. The number of hydrogen-bond donors (Lipinski definition) is 0. The molecule has 3 aromatic carbocycles. The van der Waals surface area contributed by atoms with Crippen molar-refractivity contribution in [3.63, 3.8) is 0 Å². The molecule has 2 heterocycles. The van der Waals surface area contributed by atoms with Gasteiger partial charge in [0.2, 0.25) is 0 Å². The number of thiazole rings is 1. The van der Waals surface area contributed by atoms with Crippen molar-refractivity contribution >= 4 is 39.3 Å². The van der Waals surface area contributed by atoms with E-state index in [1.807, 2.05) is 50.2 Å². The minimum atomic E-state index is -0.667. The van der Waals surface area contributed by atoms with Crippen LogP contribution in [0.15, 0.2) is 92.3 Å². The van der Waals surface area contributed by atoms with Crippen LogP contribution >= 0.6 is 27.3 Å². The van der Waals surface area contributed by atoms with E-state index < -0.39 is 12.0 Å². The largest absolute Gasteiger partial charge is 0.490 e. The maximum atomic E-state index is 13.9. The number of aromatic nitrogens is 1. The summed E-state index contributed by atoms with van der Waals surface area (Å²) in [5.74, 6) is 0.169. The standard InChI is InChI=1S/C32H28BrFN2O5S/c1-4-24-27(31(38)39-3)28(21-9-7-6-8-10-21)36-30(37)26(42-32(36)35-24)17-20-15-23(33)29(25(16-20)40-5-2)41-18-19-11-13-22(34)14-12-19/h6-17,28H,4-5,18H2,1-3H3/b26-17-/t28-/m0/s1. The van der Waals surface area contributed by atoms with E-state index >= 15 is 0 Å². The molecule has 5 rings (SSSR count). The normalized spacial score (nSPS) is 14.8. The minimum Gasteiger partial charge on any atom is -0.490 e. The number of carbonyl (C=O) groups is 1. The van der Waals surface area contributed by atoms with Gasteiger partial charge in [0.15, 0.2) is 16.3 Å². The lowest BCUT2D eigenvalue weighted by Gasteiger charge is -2.25. The molecule has 1 aliphatic heterocycles. The number of allylic oxidation sites excluding steroid dienone is 1. The van der Waals surface area contributed by atoms with Crippen LogP contribution in [0.2, 0.25) is 0 Å². The molecule has 42 heavy (non-hydrogen) atoms. The minimum absolute atomic E-state index is 0.221. The number of benzene rings is 3. The number of rotatable bonds is 9. The smallest absolute Gasteiger partial charge is 0.338 e. The quantitative estimate of drug-likeness (QED) is 0.218. The molecule has 0 N–H and O–H groups in total. The van der Waals surface area contributed by atoms with Gasteiger partial charge < -0.3 is 14.2 Å². The van der Waals surface area contributed by atoms with Gasteiger partial charge in [-0.05, 0) is 76.3 Å². The van der Waals surface area contributed by atoms with E-state index in [9.17, 15) is 14.0 Å². The summed E-state index contributed by atoms with van der Waals surface area (Å²) in [6.07, 6.45) is 2.28. The third-order valence-electron chi connectivity index (χ3n) is 6.69. The van der Waals surface area contributed by atoms with Crippen molar-refractivity contribution in [1.29, 1.82) is 0 Å². The molecule has 0 saturated heterocycles. The lowest BCUT2D eigenvalue weighted by atomic mass is 9.95. The molecule has 0 saturated carbocycles. The van der Waals surface area contributed by atoms with Crippen molar-refractivity contribution in [3.05, 3.63) is 125 Å². The van der Waals surface area contributed by atoms with Gasteiger partial charge in [-0.3, -0.25) is 9.36 Å². The Balaban J connectivity index is 1.59. The molecule has 4 aromatic rings. The van der Waals surface area contributed by atoms with Gasteiger partial charge in [0.05, 0.1) is 40.0 Å². The molecule has 10 heteroatoms. The van der Waals surface area contributed by atoms with E-state index in [1.165, 1.54) is 30.6 Å². The van der Waals surface area contributed by atoms with Crippen molar-refractivity contribution in [2.24, 2.45) is 4.99 Å². The van der Waals surface area contributed by atoms with Gasteiger partial charge in [-0.25, -0.2) is 14.2 Å². The predicted molar refractivity (Wildman–Crippen MR) is 163 cm³/mol. The van der Waals surface area contributed by atoms with Crippen LogP contribution in [0.1, 0.15) is 43.0 Å². The van der Waals surface area contributed by atoms with Crippen molar-refractivity contribution in [3.8, 4) is 11.5 Å². The summed E-state index contributed by atoms with van der Waals surface area (Å²) in [6.45, 7) is 4.41. The zero-order chi connectivity index (χ0) is 29.8. The molecule has 0 spiro atoms. The summed E-state index contributed by atoms with van der Waals surface area (Å²) < 4.78 is 33.0. The number of halogens is 2. The van der Waals surface area contributed by atoms with E-state index in [4.69, 9.17) is 19.2 Å². The number of esters is 1. The van der Waals surface area contributed by atoms with Crippen LogP contribution in [0, 0.1) is 5.82 Å². The second-order valence-electron chi connectivity index (χ2n) is 9.38. The first-order chi connectivity index (χ1) is 20.3. The summed E-state index contributed by atoms with van der Waals surface area (Å²) in [6, 6.07) is 18.5. The first-order valence-electron chi connectivity index (χ1n) is 13.4. The fourth-order valence-electron chi connectivity index (χ4n) is 4.78. The fourth-order valence-corrected chi connectivity index (χ4v) is 6.37. The number of ether oxygens (including phenoxy) is 3. The van der Waals surface area contributed by atoms with Gasteiger partial charge in [0.25, 0.3) is 5.56 Å². The van der Waals surface area contributed by atoms with Crippen LogP contribution in [0.3, 0.4) is 0 Å². The molecule has 0 aliphatic carbocycles. The molecule has 0 bridgehead atoms. The van der Waals surface area contributed by atoms with Gasteiger partial charge in [-0.1, -0.05) is 60.7 Å². The monoisotopic (exact) mass is 650 g/mol. The summed E-state index contributed by atoms with van der Waals surface area (Å²) in [5.41, 5.74) is 2.98. The Morgan fingerprint density at radius 2 is 1.83 bits per heavy atom. The Labute approximate surface area is 254 Å². The Bertz CT molecular complexity index is 1830. The number of carbonyl (C=O) groups excluding carboxylic acids is 1. The van der Waals surface area contributed by atoms with E-state index in [0.29, 0.717) is 55.2 Å². The Morgan fingerprint density at radius 1 is 1.10 bits per heavy atom. The first kappa shape index (κ1) is 29.5. The zero-order valence-electron chi connectivity index (χ0n) is 23.2. The van der Waals surface area contributed by atoms with Gasteiger partial charge >= 0.3 is 5.97 Å². The summed E-state index contributed by atoms with van der Waals surface area (Å²) in [4.78, 5) is 32.1. The highest BCUT2D eigenvalue weighted by Gasteiger charge is 2.33. The molecule has 216 valence electrons. The van der Waals surface area contributed by atoms with Gasteiger partial charge in [-0.2, -0.15) is 0 Å². The molecule has 1 aromatic heterocycles. The Kier molecular flexibility index (Phi) is 9.03. The van der Waals surface area contributed by atoms with Crippen LogP contribution in [0.4, 0.5) is 4.39 Å². The van der Waals surface area contributed by atoms with Crippen LogP contribution in [-0.2, 0) is 16.1 Å². The van der Waals surface area contributed by atoms with E-state index in [-0.39, 0.29) is 18.0 Å². The summed E-state index contributed by atoms with van der Waals surface area (Å²) in [7, 11) is 1.33. The van der Waals surface area contributed by atoms with Crippen molar-refractivity contribution in [1.82, 2.24) is 4.57 Å². The van der Waals surface area contributed by atoms with Gasteiger partial charge in [0, 0.05) is 0 Å². The lowest BCUT2D eigenvalue weighted by Crippen LogP contribution is -2.40. The predicted octanol–water partition coefficient (Wildman–Crippen LogP) is 5.68. The molecule has 0 radical (unpaired) electrons. The highest BCUT2D eigenvalue weighted by molar-refractivity contribution is 9.10. The van der Waals surface area contributed by atoms with E-state index in [2.05, 4.69) is 15.9 Å². The Hall–Kier alpha value is -4.02. The van der Waals surface area contributed by atoms with Crippen molar-refractivity contribution < 1.29 is 23.4 Å². The Morgan fingerprint density at radius 3 is 2.50 bits per heavy atom. The fraction of sp³-hybridized carbons (Fsp3) is 0.219. The zero-order valence-corrected chi connectivity index (χ0v) is 25.6. The maximum absolute atomic E-state index is 13.9. The van der Waals surface area contributed by atoms with Crippen molar-refractivity contribution in [2.75, 3.05) is 13.7 Å². The van der Waals surface area contributed by atoms with Crippen LogP contribution in [0.5, 0.6) is 11.5 Å². The lowest BCUT2D eigenvalue weighted by molar-refractivity contribution is -0.136. The van der Waals surface area contributed by atoms with Crippen LogP contribution in [-0.4, -0.2) is 24.3 Å². The molecule has 1 aliphatic rings. The number of fused-ring (bicyclic) bond motifs is 1. The highest BCUT2D eigenvalue weighted by Crippen LogP contribution is 2.38. The van der Waals surface area contributed by atoms with E-state index in [1.54, 1.807) is 28.8 Å². The first-order valence-corrected chi connectivity index (χ1v) is 15.0. The second kappa shape index (κ2) is 12.9. The second-order valence-corrected chi connectivity index (χ2v) is 11.2. The third-order valence-corrected chi connectivity index (χ3v) is 8.26. The average Bonchev–Trinajstić information content (AvgIpc) is 3.30. The number of nitrogens with zero attached hydrogens (tertiary/aromatic N) is 2. The van der Waals surface area contributed by atoms with Crippen LogP contribution in [0.25, 0.3) is 6.08 Å². The number of methoxy groups -OCH3 is 1. The molecule has 1 atom stereocenters. The highest BCUT2D eigenvalue weighted by atomic mass is 79.9. The topological polar surface area (TPSA) is 79.1 Å². The summed E-state index contributed by atoms with van der Waals surface area (Å²) >= 11 is 4.85. The van der Waals surface area contributed by atoms with Gasteiger partial charge in [-0.15, -0.1) is 0 Å². The van der Waals surface area contributed by atoms with E-state index in [0.717, 1.165) is 11.1 Å².